The number of carboxylic acid groups (broad SMARTS) is 1. The van der Waals surface area contributed by atoms with Crippen molar-refractivity contribution in [1.29, 1.82) is 0 Å². The van der Waals surface area contributed by atoms with Crippen LogP contribution in [0, 0.1) is 0 Å². The summed E-state index contributed by atoms with van der Waals surface area (Å²) in [5.74, 6) is -0.833. The van der Waals surface area contributed by atoms with Gasteiger partial charge in [-0.1, -0.05) is 0 Å². The fraction of sp³-hybridized carbons (Fsp3) is 0.800. The maximum absolute atomic E-state index is 10.6. The van der Waals surface area contributed by atoms with Gasteiger partial charge < -0.3 is 10.2 Å². The molecule has 13 heavy (non-hydrogen) atoms. The molecule has 0 unspecified atom stereocenters. The molecule has 0 aliphatic carbocycles. The van der Waals surface area contributed by atoms with E-state index < -0.39 is 18.8 Å². The number of carbonyl (C=O) groups is 1. The molecule has 0 saturated heterocycles. The first kappa shape index (κ1) is 18.6. The Morgan fingerprint density at radius 3 is 1.54 bits per heavy atom. The van der Waals surface area contributed by atoms with Gasteiger partial charge in [-0.05, 0) is 0 Å². The fourth-order valence-corrected chi connectivity index (χ4v) is 0. The lowest BCUT2D eigenvalue weighted by Gasteiger charge is -1.97. The number of alkyl halides is 5. The maximum Gasteiger partial charge on any atom is 0.381 e. The minimum Gasteiger partial charge on any atom is -0.481 e. The van der Waals surface area contributed by atoms with Crippen LogP contribution in [0.3, 0.4) is 0 Å². The summed E-state index contributed by atoms with van der Waals surface area (Å²) in [6, 6.07) is 0. The Bertz CT molecular complexity index is 114. The highest BCUT2D eigenvalue weighted by molar-refractivity contribution is 6.40. The number of hydrogen-bond donors (Lipinski definition) is 2. The van der Waals surface area contributed by atoms with Crippen LogP contribution in [0.2, 0.25) is 0 Å². The van der Waals surface area contributed by atoms with Crippen molar-refractivity contribution in [2.24, 2.45) is 0 Å². The van der Waals surface area contributed by atoms with Gasteiger partial charge in [-0.3, -0.25) is 4.79 Å². The Kier molecular flexibility index (Phi) is 16.8. The average Bonchev–Trinajstić information content (AvgIpc) is 1.86. The normalized spacial score (nSPS) is 8.85. The second-order valence-electron chi connectivity index (χ2n) is 1.42. The quantitative estimate of drug-likeness (QED) is 0.695. The van der Waals surface area contributed by atoms with Crippen LogP contribution in [-0.2, 0) is 4.79 Å². The minimum absolute atomic E-state index is 0.194. The van der Waals surface area contributed by atoms with E-state index in [-0.39, 0.29) is 5.34 Å². The van der Waals surface area contributed by atoms with E-state index in [4.69, 9.17) is 38.2 Å². The van der Waals surface area contributed by atoms with Gasteiger partial charge in [0.1, 0.15) is 0 Å². The summed E-state index contributed by atoms with van der Waals surface area (Å²) in [5, 5.41) is 14.7. The van der Waals surface area contributed by atoms with Crippen LogP contribution in [0.25, 0.3) is 0 Å². The molecule has 0 aromatic carbocycles. The lowest BCUT2D eigenvalue weighted by atomic mass is 10.7. The zero-order valence-corrected chi connectivity index (χ0v) is 8.12. The average molecular weight is 245 g/mol. The zero-order valence-electron chi connectivity index (χ0n) is 6.61. The standard InChI is InChI=1S/C2H3F3O.C2H4O2.CH2Cl2/c3-1-2(4,5)6;1-2(3)4;2-1-3/h6H,1H2;1H3,(H,3,4);1H2. The van der Waals surface area contributed by atoms with Crippen molar-refractivity contribution in [1.82, 2.24) is 0 Å². The number of hydrogen-bond acceptors (Lipinski definition) is 2. The Morgan fingerprint density at radius 1 is 1.46 bits per heavy atom. The number of halogens is 5. The van der Waals surface area contributed by atoms with E-state index >= 15 is 0 Å². The summed E-state index contributed by atoms with van der Waals surface area (Å²) in [5.41, 5.74) is 0. The Morgan fingerprint density at radius 2 is 1.54 bits per heavy atom. The molecule has 0 heterocycles. The fourth-order valence-electron chi connectivity index (χ4n) is 0. The van der Waals surface area contributed by atoms with Crippen molar-refractivity contribution >= 4 is 29.2 Å². The van der Waals surface area contributed by atoms with Crippen molar-refractivity contribution in [3.63, 3.8) is 0 Å². The molecule has 0 aliphatic heterocycles. The van der Waals surface area contributed by atoms with Crippen molar-refractivity contribution < 1.29 is 28.2 Å². The second kappa shape index (κ2) is 11.8. The number of aliphatic hydroxyl groups is 1. The highest BCUT2D eigenvalue weighted by Crippen LogP contribution is 2.06. The highest BCUT2D eigenvalue weighted by Gasteiger charge is 2.22. The Balaban J connectivity index is -0.000000125. The molecule has 2 N–H and O–H groups in total. The van der Waals surface area contributed by atoms with Gasteiger partial charge in [0, 0.05) is 6.92 Å². The lowest BCUT2D eigenvalue weighted by molar-refractivity contribution is -0.208. The van der Waals surface area contributed by atoms with Crippen LogP contribution in [0.4, 0.5) is 13.2 Å². The monoisotopic (exact) mass is 244 g/mol. The molecule has 0 aromatic heterocycles. The molecule has 0 aromatic rings. The van der Waals surface area contributed by atoms with E-state index in [0.29, 0.717) is 0 Å². The molecule has 0 rings (SSSR count). The molecule has 0 radical (unpaired) electrons. The third kappa shape index (κ3) is 145. The van der Waals surface area contributed by atoms with Gasteiger partial charge in [-0.2, -0.15) is 8.78 Å². The lowest BCUT2D eigenvalue weighted by Crippen LogP contribution is -2.15. The Hall–Kier alpha value is -0.200. The third-order valence-electron chi connectivity index (χ3n) is 0.161. The molecule has 0 atom stereocenters. The smallest absolute Gasteiger partial charge is 0.381 e. The van der Waals surface area contributed by atoms with Crippen LogP contribution in [0.15, 0.2) is 0 Å². The van der Waals surface area contributed by atoms with Crippen LogP contribution in [-0.4, -0.2) is 34.3 Å². The van der Waals surface area contributed by atoms with Gasteiger partial charge in [0.2, 0.25) is 0 Å². The largest absolute Gasteiger partial charge is 0.481 e. The van der Waals surface area contributed by atoms with Crippen molar-refractivity contribution in [3.8, 4) is 0 Å². The first-order valence-corrected chi connectivity index (χ1v) is 3.75. The van der Waals surface area contributed by atoms with Crippen molar-refractivity contribution in [2.45, 2.75) is 13.0 Å². The number of carboxylic acids is 1. The number of aliphatic carboxylic acids is 1. The molecule has 3 nitrogen and oxygen atoms in total. The molecule has 0 fully saturated rings. The molecule has 0 bridgehead atoms. The van der Waals surface area contributed by atoms with E-state index in [2.05, 4.69) is 0 Å². The van der Waals surface area contributed by atoms with E-state index in [1.807, 2.05) is 0 Å². The van der Waals surface area contributed by atoms with Gasteiger partial charge in [0.05, 0.1) is 5.34 Å². The van der Waals surface area contributed by atoms with Gasteiger partial charge >= 0.3 is 6.11 Å². The molecular weight excluding hydrogens is 236 g/mol. The van der Waals surface area contributed by atoms with E-state index in [1.54, 1.807) is 0 Å². The van der Waals surface area contributed by atoms with E-state index in [1.165, 1.54) is 0 Å². The maximum atomic E-state index is 10.6. The summed E-state index contributed by atoms with van der Waals surface area (Å²) < 4.78 is 31.8. The summed E-state index contributed by atoms with van der Waals surface area (Å²) in [7, 11) is 0. The first-order chi connectivity index (χ1) is 5.71. The summed E-state index contributed by atoms with van der Waals surface area (Å²) >= 11 is 9.53. The first-order valence-electron chi connectivity index (χ1n) is 2.68. The highest BCUT2D eigenvalue weighted by atomic mass is 35.5. The van der Waals surface area contributed by atoms with Crippen LogP contribution in [0.1, 0.15) is 6.92 Å². The molecule has 8 heteroatoms. The summed E-state index contributed by atoms with van der Waals surface area (Å²) in [6.07, 6.45) is -4.12. The van der Waals surface area contributed by atoms with E-state index in [9.17, 15) is 13.2 Å². The van der Waals surface area contributed by atoms with Crippen LogP contribution < -0.4 is 0 Å². The van der Waals surface area contributed by atoms with Crippen LogP contribution in [0.5, 0.6) is 0 Å². The predicted octanol–water partition coefficient (Wildman–Crippen LogP) is 2.05. The molecule has 0 aliphatic rings. The SMILES string of the molecule is CC(=O)O.ClCCl.OC(F)(F)CF. The Labute approximate surface area is 83.1 Å². The van der Waals surface area contributed by atoms with Crippen molar-refractivity contribution in [3.05, 3.63) is 0 Å². The molecule has 0 spiro atoms. The molecule has 82 valence electrons. The minimum atomic E-state index is -4.12. The van der Waals surface area contributed by atoms with Gasteiger partial charge in [-0.25, -0.2) is 4.39 Å². The summed E-state index contributed by atoms with van der Waals surface area (Å²) in [4.78, 5) is 9.00. The van der Waals surface area contributed by atoms with Gasteiger partial charge in [0.15, 0.2) is 6.67 Å². The van der Waals surface area contributed by atoms with E-state index in [0.717, 1.165) is 6.92 Å². The van der Waals surface area contributed by atoms with Gasteiger partial charge in [0.25, 0.3) is 5.97 Å². The summed E-state index contributed by atoms with van der Waals surface area (Å²) in [6.45, 7) is -0.924. The molecular formula is C5H9Cl2F3O3. The van der Waals surface area contributed by atoms with Crippen LogP contribution >= 0.6 is 23.2 Å². The van der Waals surface area contributed by atoms with Gasteiger partial charge in [-0.15, -0.1) is 23.2 Å². The zero-order chi connectivity index (χ0) is 11.5. The predicted molar refractivity (Wildman–Crippen MR) is 43.0 cm³/mol. The second-order valence-corrected chi connectivity index (χ2v) is 2.23. The number of rotatable bonds is 1. The third-order valence-corrected chi connectivity index (χ3v) is 0.161. The topological polar surface area (TPSA) is 57.5 Å². The van der Waals surface area contributed by atoms with Crippen molar-refractivity contribution in [2.75, 3.05) is 12.0 Å². The molecule has 0 saturated carbocycles. The molecule has 0 amide bonds.